The summed E-state index contributed by atoms with van der Waals surface area (Å²) < 4.78 is 0. The van der Waals surface area contributed by atoms with Gasteiger partial charge in [0.2, 0.25) is 11.2 Å². The van der Waals surface area contributed by atoms with Crippen LogP contribution in [0.5, 0.6) is 0 Å². The van der Waals surface area contributed by atoms with Gasteiger partial charge in [0.1, 0.15) is 11.0 Å². The van der Waals surface area contributed by atoms with Crippen molar-refractivity contribution < 1.29 is 4.79 Å². The number of hydrogen-bond acceptors (Lipinski definition) is 4. The third-order valence-corrected chi connectivity index (χ3v) is 2.45. The third kappa shape index (κ3) is 2.19. The molecule has 2 N–H and O–H groups in total. The predicted molar refractivity (Wildman–Crippen MR) is 57.0 cm³/mol. The molecule has 5 nitrogen and oxygen atoms in total. The van der Waals surface area contributed by atoms with Crippen LogP contribution in [0.2, 0.25) is 10.4 Å². The highest BCUT2D eigenvalue weighted by molar-refractivity contribution is 6.32. The summed E-state index contributed by atoms with van der Waals surface area (Å²) in [6.45, 7) is 0.433. The van der Waals surface area contributed by atoms with Crippen LogP contribution in [-0.4, -0.2) is 28.5 Å². The van der Waals surface area contributed by atoms with Gasteiger partial charge in [-0.1, -0.05) is 11.6 Å². The van der Waals surface area contributed by atoms with Crippen molar-refractivity contribution >= 4 is 34.9 Å². The van der Waals surface area contributed by atoms with E-state index in [4.69, 9.17) is 28.9 Å². The van der Waals surface area contributed by atoms with Crippen molar-refractivity contribution in [2.75, 3.05) is 11.4 Å². The molecule has 0 aromatic carbocycles. The first-order valence-electron chi connectivity index (χ1n) is 4.32. The van der Waals surface area contributed by atoms with Gasteiger partial charge in [0.05, 0.1) is 0 Å². The molecule has 1 fully saturated rings. The molecule has 1 unspecified atom stereocenters. The Balaban J connectivity index is 2.33. The van der Waals surface area contributed by atoms with Gasteiger partial charge < -0.3 is 5.73 Å². The molecule has 1 aromatic heterocycles. The summed E-state index contributed by atoms with van der Waals surface area (Å²) in [7, 11) is 0. The second-order valence-corrected chi connectivity index (χ2v) is 4.01. The van der Waals surface area contributed by atoms with Gasteiger partial charge in [-0.3, -0.25) is 9.69 Å². The van der Waals surface area contributed by atoms with Gasteiger partial charge in [0, 0.05) is 25.1 Å². The predicted octanol–water partition coefficient (Wildman–Crippen LogP) is 0.847. The first-order chi connectivity index (χ1) is 7.06. The molecule has 0 spiro atoms. The van der Waals surface area contributed by atoms with Gasteiger partial charge in [-0.2, -0.15) is 0 Å². The lowest BCUT2D eigenvalue weighted by molar-refractivity contribution is -0.117. The van der Waals surface area contributed by atoms with Crippen molar-refractivity contribution in [3.8, 4) is 0 Å². The largest absolute Gasteiger partial charge is 0.326 e. The van der Waals surface area contributed by atoms with Crippen molar-refractivity contribution in [3.63, 3.8) is 0 Å². The van der Waals surface area contributed by atoms with E-state index in [0.29, 0.717) is 18.8 Å². The first-order valence-corrected chi connectivity index (χ1v) is 5.08. The van der Waals surface area contributed by atoms with E-state index >= 15 is 0 Å². The lowest BCUT2D eigenvalue weighted by atomic mass is 10.3. The Morgan fingerprint density at radius 3 is 2.73 bits per heavy atom. The van der Waals surface area contributed by atoms with E-state index in [1.807, 2.05) is 0 Å². The molecule has 1 atom stereocenters. The van der Waals surface area contributed by atoms with Crippen LogP contribution in [0.3, 0.4) is 0 Å². The zero-order valence-corrected chi connectivity index (χ0v) is 9.16. The molecule has 1 aromatic rings. The summed E-state index contributed by atoms with van der Waals surface area (Å²) in [6.07, 6.45) is 0.319. The van der Waals surface area contributed by atoms with Crippen LogP contribution < -0.4 is 10.6 Å². The maximum absolute atomic E-state index is 11.5. The number of nitrogens with two attached hydrogens (primary N) is 1. The van der Waals surface area contributed by atoms with Crippen LogP contribution in [0, 0.1) is 0 Å². The average Bonchev–Trinajstić information content (AvgIpc) is 2.43. The third-order valence-electron chi connectivity index (χ3n) is 2.09. The van der Waals surface area contributed by atoms with Crippen molar-refractivity contribution in [1.29, 1.82) is 0 Å². The number of hydrogen-bond donors (Lipinski definition) is 1. The van der Waals surface area contributed by atoms with Crippen LogP contribution in [0.25, 0.3) is 0 Å². The molecule has 0 bridgehead atoms. The van der Waals surface area contributed by atoms with Gasteiger partial charge >= 0.3 is 0 Å². The number of halogens is 2. The monoisotopic (exact) mass is 246 g/mol. The molecule has 80 valence electrons. The van der Waals surface area contributed by atoms with E-state index in [1.165, 1.54) is 11.0 Å². The SMILES string of the molecule is NC1CC(=O)N(c2cc(Cl)nc(Cl)n2)C1. The molecule has 2 heterocycles. The molecule has 1 amide bonds. The fraction of sp³-hybridized carbons (Fsp3) is 0.375. The van der Waals surface area contributed by atoms with E-state index in [1.54, 1.807) is 0 Å². The van der Waals surface area contributed by atoms with Crippen LogP contribution in [-0.2, 0) is 4.79 Å². The van der Waals surface area contributed by atoms with Crippen LogP contribution >= 0.6 is 23.2 Å². The number of rotatable bonds is 1. The quantitative estimate of drug-likeness (QED) is 0.589. The summed E-state index contributed by atoms with van der Waals surface area (Å²) in [5.41, 5.74) is 5.66. The highest BCUT2D eigenvalue weighted by atomic mass is 35.5. The van der Waals surface area contributed by atoms with Gasteiger partial charge in [0.15, 0.2) is 0 Å². The Labute approximate surface area is 96.2 Å². The molecule has 1 saturated heterocycles. The summed E-state index contributed by atoms with van der Waals surface area (Å²) in [5.74, 6) is 0.325. The molecule has 1 aliphatic heterocycles. The van der Waals surface area contributed by atoms with Crippen molar-refractivity contribution in [1.82, 2.24) is 9.97 Å². The Bertz CT molecular complexity index is 391. The van der Waals surface area contributed by atoms with Gasteiger partial charge in [0.25, 0.3) is 0 Å². The smallest absolute Gasteiger partial charge is 0.229 e. The molecular formula is C8H8Cl2N4O. The van der Waals surface area contributed by atoms with Crippen LogP contribution in [0.1, 0.15) is 6.42 Å². The molecule has 0 radical (unpaired) electrons. The number of aromatic nitrogens is 2. The second kappa shape index (κ2) is 3.92. The number of anilines is 1. The lowest BCUT2D eigenvalue weighted by Crippen LogP contribution is -2.28. The molecule has 15 heavy (non-hydrogen) atoms. The molecule has 7 heteroatoms. The average molecular weight is 247 g/mol. The van der Waals surface area contributed by atoms with Crippen molar-refractivity contribution in [3.05, 3.63) is 16.5 Å². The Hall–Kier alpha value is -0.910. The zero-order valence-electron chi connectivity index (χ0n) is 7.65. The molecule has 0 aliphatic carbocycles. The fourth-order valence-electron chi connectivity index (χ4n) is 1.47. The standard InChI is InChI=1S/C8H8Cl2N4O/c9-5-2-6(13-8(10)12-5)14-3-4(11)1-7(14)15/h2,4H,1,3,11H2. The highest BCUT2D eigenvalue weighted by Crippen LogP contribution is 2.22. The summed E-state index contributed by atoms with van der Waals surface area (Å²) >= 11 is 11.3. The lowest BCUT2D eigenvalue weighted by Gasteiger charge is -2.14. The highest BCUT2D eigenvalue weighted by Gasteiger charge is 2.29. The molecular weight excluding hydrogens is 239 g/mol. The van der Waals surface area contributed by atoms with Gasteiger partial charge in [-0.15, -0.1) is 0 Å². The summed E-state index contributed by atoms with van der Waals surface area (Å²) in [6, 6.07) is 1.33. The van der Waals surface area contributed by atoms with Crippen LogP contribution in [0.4, 0.5) is 5.82 Å². The van der Waals surface area contributed by atoms with Gasteiger partial charge in [-0.25, -0.2) is 9.97 Å². The van der Waals surface area contributed by atoms with Gasteiger partial charge in [-0.05, 0) is 11.6 Å². The van der Waals surface area contributed by atoms with E-state index in [2.05, 4.69) is 9.97 Å². The maximum atomic E-state index is 11.5. The number of carbonyl (C=O) groups excluding carboxylic acids is 1. The zero-order chi connectivity index (χ0) is 11.0. The normalized spacial score (nSPS) is 21.1. The van der Waals surface area contributed by atoms with E-state index in [0.717, 1.165) is 0 Å². The Morgan fingerprint density at radius 2 is 2.20 bits per heavy atom. The van der Waals surface area contributed by atoms with Crippen LogP contribution in [0.15, 0.2) is 6.07 Å². The number of carbonyl (C=O) groups is 1. The maximum Gasteiger partial charge on any atom is 0.229 e. The second-order valence-electron chi connectivity index (χ2n) is 3.29. The minimum Gasteiger partial charge on any atom is -0.326 e. The minimum atomic E-state index is -0.162. The van der Waals surface area contributed by atoms with Crippen molar-refractivity contribution in [2.24, 2.45) is 5.73 Å². The molecule has 2 rings (SSSR count). The summed E-state index contributed by atoms with van der Waals surface area (Å²) in [5, 5.41) is 0.226. The van der Waals surface area contributed by atoms with E-state index in [-0.39, 0.29) is 22.4 Å². The first kappa shape index (κ1) is 10.6. The van der Waals surface area contributed by atoms with E-state index < -0.39 is 0 Å². The number of nitrogens with zero attached hydrogens (tertiary/aromatic N) is 3. The topological polar surface area (TPSA) is 72.1 Å². The number of amides is 1. The van der Waals surface area contributed by atoms with E-state index in [9.17, 15) is 4.79 Å². The summed E-state index contributed by atoms with van der Waals surface area (Å²) in [4.78, 5) is 20.6. The van der Waals surface area contributed by atoms with Crippen molar-refractivity contribution in [2.45, 2.75) is 12.5 Å². The Kier molecular flexibility index (Phi) is 2.77. The molecule has 0 saturated carbocycles. The molecule has 1 aliphatic rings. The fourth-order valence-corrected chi connectivity index (χ4v) is 1.87. The Morgan fingerprint density at radius 1 is 1.47 bits per heavy atom. The minimum absolute atomic E-state index is 0.0192.